The molecule has 0 unspecified atom stereocenters. The number of ether oxygens (including phenoxy) is 3. The number of nitrogens with one attached hydrogen (secondary N) is 3. The third-order valence-electron chi connectivity index (χ3n) is 19.6. The summed E-state index contributed by atoms with van der Waals surface area (Å²) < 4.78 is 80.0. The minimum absolute atomic E-state index is 0.0724. The standard InChI is InChI=1S/C38H49N5O8S.C33H41N5O6S/c1-38(2,3)51-37(47)42-19-17-41(18-20-42)16-15-40(4)52(48,49)39-35(44)26-11-13-31-32(23-26)43-24-28(36(45)46)21-27-22-29(50-5)12-14-30(27)34(43)33(31)25-9-7-6-8-10-25;1-36(16-17-37-14-12-34-13-15-37)45(42,43)35-32(39)23-8-10-28-29(20-23)38-21-25(33(40)41)18-24-19-26(44-2)9-11-27(24)31(38)30(28)22-6-4-3-5-7-22/h11-14,21-23,25H,6-10,15-20,24H2,1-5H3,(H,39,44)(H,45,46);8-11,18-20,22,34H,3-7,12-17,21H2,1-2H3,(H,35,39)(H,40,41). The first kappa shape index (κ1) is 70.2. The number of fused-ring (bicyclic) bond motifs is 10. The Kier molecular flexibility index (Phi) is 21.4. The summed E-state index contributed by atoms with van der Waals surface area (Å²) in [4.78, 5) is 70.3. The van der Waals surface area contributed by atoms with E-state index in [-0.39, 0.29) is 66.4 Å². The fraction of sp³-hybridized carbons (Fsp3) is 0.479. The van der Waals surface area contributed by atoms with Crippen molar-refractivity contribution in [3.8, 4) is 34.0 Å². The number of carboxylic acid groups (broad SMARTS) is 2. The van der Waals surface area contributed by atoms with E-state index in [0.717, 1.165) is 137 Å². The predicted octanol–water partition coefficient (Wildman–Crippen LogP) is 8.96. The van der Waals surface area contributed by atoms with Crippen molar-refractivity contribution in [2.75, 3.05) is 107 Å². The van der Waals surface area contributed by atoms with E-state index >= 15 is 0 Å². The summed E-state index contributed by atoms with van der Waals surface area (Å²) in [6, 6.07) is 21.9. The van der Waals surface area contributed by atoms with Gasteiger partial charge in [0.05, 0.1) is 49.8 Å². The number of benzene rings is 4. The summed E-state index contributed by atoms with van der Waals surface area (Å²) in [5.41, 5.74) is 8.99. The minimum Gasteiger partial charge on any atom is -0.497 e. The summed E-state index contributed by atoms with van der Waals surface area (Å²) in [6.07, 6.45) is 13.9. The molecule has 2 aliphatic carbocycles. The van der Waals surface area contributed by atoms with E-state index in [1.165, 1.54) is 31.2 Å². The van der Waals surface area contributed by atoms with E-state index in [9.17, 15) is 51.0 Å². The minimum atomic E-state index is -4.19. The number of nitrogens with zero attached hydrogens (tertiary/aromatic N) is 7. The van der Waals surface area contributed by atoms with Gasteiger partial charge in [0.1, 0.15) is 17.1 Å². The second kappa shape index (κ2) is 29.5. The molecule has 12 rings (SSSR count). The van der Waals surface area contributed by atoms with Gasteiger partial charge in [0.2, 0.25) is 0 Å². The Morgan fingerprint density at radius 3 is 1.37 bits per heavy atom. The highest BCUT2D eigenvalue weighted by atomic mass is 32.2. The number of hydrogen-bond acceptors (Lipinski definition) is 15. The van der Waals surface area contributed by atoms with Gasteiger partial charge in [-0.05, 0) is 153 Å². The Labute approximate surface area is 567 Å². The van der Waals surface area contributed by atoms with Crippen molar-refractivity contribution < 1.29 is 65.2 Å². The topological polar surface area (TPSA) is 284 Å². The molecule has 6 aliphatic rings. The van der Waals surface area contributed by atoms with Gasteiger partial charge in [-0.2, -0.15) is 25.4 Å². The normalized spacial score (nSPS) is 17.5. The molecule has 26 heteroatoms. The van der Waals surface area contributed by atoms with Crippen LogP contribution in [0.25, 0.3) is 56.5 Å². The SMILES string of the molecule is COc1ccc2c(c1)C=C(C(=O)O)Cn1c-2c(C2CCCCC2)c2ccc(C(=O)NS(=O)(=O)N(C)CCN3CCN(C(=O)OC(C)(C)C)CC3)cc21.COc1ccc2c(c1)C=C(C(=O)O)Cn1c-2c(C2CCCCC2)c2ccc(C(=O)NS(=O)(=O)N(C)CCN3CCNCC3)cc21. The van der Waals surface area contributed by atoms with Crippen LogP contribution < -0.4 is 24.2 Å². The number of piperazine rings is 2. The van der Waals surface area contributed by atoms with Gasteiger partial charge in [-0.3, -0.25) is 19.4 Å². The van der Waals surface area contributed by atoms with Crippen molar-refractivity contribution in [3.63, 3.8) is 0 Å². The number of hydrogen-bond donors (Lipinski definition) is 5. The molecule has 24 nitrogen and oxygen atoms in total. The molecular formula is C71H90N10O14S2. The Morgan fingerprint density at radius 1 is 0.567 bits per heavy atom. The third-order valence-corrected chi connectivity index (χ3v) is 22.5. The van der Waals surface area contributed by atoms with Crippen LogP contribution in [0, 0.1) is 0 Å². The Balaban J connectivity index is 0.000000199. The quantitative estimate of drug-likeness (QED) is 0.0536. The summed E-state index contributed by atoms with van der Waals surface area (Å²) in [5.74, 6) is -1.79. The maximum absolute atomic E-state index is 13.6. The van der Waals surface area contributed by atoms with E-state index in [4.69, 9.17) is 14.2 Å². The molecule has 0 spiro atoms. The summed E-state index contributed by atoms with van der Waals surface area (Å²) in [5, 5.41) is 25.5. The summed E-state index contributed by atoms with van der Waals surface area (Å²) in [6.45, 7) is 12.5. The van der Waals surface area contributed by atoms with Gasteiger partial charge in [0.15, 0.2) is 0 Å². The van der Waals surface area contributed by atoms with Crippen LogP contribution in [-0.4, -0.2) is 202 Å². The highest BCUT2D eigenvalue weighted by molar-refractivity contribution is 7.88. The van der Waals surface area contributed by atoms with Crippen LogP contribution in [0.15, 0.2) is 83.9 Å². The van der Waals surface area contributed by atoms with Crippen LogP contribution in [0.1, 0.15) is 140 Å². The van der Waals surface area contributed by atoms with Crippen molar-refractivity contribution in [1.29, 1.82) is 0 Å². The molecule has 97 heavy (non-hydrogen) atoms. The van der Waals surface area contributed by atoms with E-state index in [1.807, 2.05) is 78.4 Å². The highest BCUT2D eigenvalue weighted by Crippen LogP contribution is 2.49. The first-order valence-corrected chi connectivity index (χ1v) is 36.5. The second-order valence-electron chi connectivity index (χ2n) is 27.1. The smallest absolute Gasteiger partial charge is 0.410 e. The number of methoxy groups -OCH3 is 2. The second-order valence-corrected chi connectivity index (χ2v) is 30.7. The molecule has 0 atom stereocenters. The third kappa shape index (κ3) is 15.8. The lowest BCUT2D eigenvalue weighted by Crippen LogP contribution is -2.52. The van der Waals surface area contributed by atoms with Crippen molar-refractivity contribution >= 4 is 84.2 Å². The van der Waals surface area contributed by atoms with Gasteiger partial charge in [0.25, 0.3) is 11.8 Å². The van der Waals surface area contributed by atoms with Gasteiger partial charge < -0.3 is 43.8 Å². The number of carbonyl (C=O) groups is 5. The van der Waals surface area contributed by atoms with Gasteiger partial charge in [-0.15, -0.1) is 0 Å². The molecule has 4 aromatic carbocycles. The molecule has 2 saturated heterocycles. The van der Waals surface area contributed by atoms with E-state index in [2.05, 4.69) is 24.6 Å². The largest absolute Gasteiger partial charge is 0.497 e. The lowest BCUT2D eigenvalue weighted by Gasteiger charge is -2.36. The van der Waals surface area contributed by atoms with Crippen LogP contribution in [-0.2, 0) is 47.8 Å². The van der Waals surface area contributed by atoms with E-state index in [0.29, 0.717) is 61.8 Å². The van der Waals surface area contributed by atoms with Gasteiger partial charge >= 0.3 is 38.5 Å². The van der Waals surface area contributed by atoms with Gasteiger partial charge in [-0.25, -0.2) is 23.8 Å². The molecule has 4 aliphatic heterocycles. The van der Waals surface area contributed by atoms with E-state index < -0.39 is 49.8 Å². The number of carboxylic acids is 2. The lowest BCUT2D eigenvalue weighted by atomic mass is 9.81. The maximum Gasteiger partial charge on any atom is 0.410 e. The fourth-order valence-electron chi connectivity index (χ4n) is 14.4. The molecule has 4 fully saturated rings. The van der Waals surface area contributed by atoms with Crippen molar-refractivity contribution in [1.82, 2.24) is 47.2 Å². The summed E-state index contributed by atoms with van der Waals surface area (Å²) in [7, 11) is -2.22. The van der Waals surface area contributed by atoms with Crippen molar-refractivity contribution in [2.45, 2.75) is 116 Å². The molecule has 2 saturated carbocycles. The van der Waals surface area contributed by atoms with Crippen LogP contribution in [0.5, 0.6) is 11.5 Å². The van der Waals surface area contributed by atoms with Gasteiger partial charge in [0, 0.05) is 137 Å². The van der Waals surface area contributed by atoms with Crippen LogP contribution in [0.3, 0.4) is 0 Å². The molecule has 3 amide bonds. The van der Waals surface area contributed by atoms with Crippen LogP contribution in [0.2, 0.25) is 0 Å². The molecule has 520 valence electrons. The molecule has 0 bridgehead atoms. The van der Waals surface area contributed by atoms with Crippen LogP contribution in [0.4, 0.5) is 4.79 Å². The zero-order chi connectivity index (χ0) is 69.1. The Hall–Kier alpha value is -8.11. The average Bonchev–Trinajstić information content (AvgIpc) is 1.58. The number of rotatable bonds is 18. The van der Waals surface area contributed by atoms with Crippen LogP contribution >= 0.6 is 0 Å². The molecule has 5 N–H and O–H groups in total. The molecular weight excluding hydrogens is 1280 g/mol. The highest BCUT2D eigenvalue weighted by Gasteiger charge is 2.35. The van der Waals surface area contributed by atoms with Gasteiger partial charge in [-0.1, -0.05) is 50.7 Å². The Morgan fingerprint density at radius 2 is 0.979 bits per heavy atom. The number of aromatic nitrogens is 2. The zero-order valence-electron chi connectivity index (χ0n) is 56.4. The number of carbonyl (C=O) groups excluding carboxylic acids is 3. The average molecular weight is 1370 g/mol. The van der Waals surface area contributed by atoms with E-state index in [1.54, 1.807) is 55.5 Å². The first-order chi connectivity index (χ1) is 46.3. The molecule has 2 aromatic heterocycles. The van der Waals surface area contributed by atoms with Crippen molar-refractivity contribution in [2.24, 2.45) is 0 Å². The first-order valence-electron chi connectivity index (χ1n) is 33.6. The molecule has 0 radical (unpaired) electrons. The zero-order valence-corrected chi connectivity index (χ0v) is 58.1. The fourth-order valence-corrected chi connectivity index (χ4v) is 16.0. The number of likely N-dealkylation sites (N-methyl/N-ethyl adjacent to an activating group) is 2. The monoisotopic (exact) mass is 1370 g/mol. The number of amides is 3. The van der Waals surface area contributed by atoms with Crippen molar-refractivity contribution in [3.05, 3.63) is 117 Å². The molecule has 6 heterocycles. The Bertz CT molecular complexity index is 4300. The predicted molar refractivity (Wildman–Crippen MR) is 372 cm³/mol. The number of aliphatic carboxylic acids is 2. The lowest BCUT2D eigenvalue weighted by molar-refractivity contribution is -0.133. The summed E-state index contributed by atoms with van der Waals surface area (Å²) >= 11 is 0. The maximum atomic E-state index is 13.6. The molecule has 6 aromatic rings.